The van der Waals surface area contributed by atoms with Gasteiger partial charge in [-0.2, -0.15) is 13.2 Å². The number of halogens is 4. The van der Waals surface area contributed by atoms with Gasteiger partial charge in [0.2, 0.25) is 5.91 Å². The Hall–Kier alpha value is -0.860. The summed E-state index contributed by atoms with van der Waals surface area (Å²) in [7, 11) is 0. The van der Waals surface area contributed by atoms with Crippen LogP contribution < -0.4 is 10.6 Å². The molecule has 0 saturated carbocycles. The van der Waals surface area contributed by atoms with Crippen molar-refractivity contribution in [1.82, 2.24) is 15.6 Å². The second-order valence-electron chi connectivity index (χ2n) is 4.31. The minimum atomic E-state index is -4.40. The van der Waals surface area contributed by atoms with E-state index in [-0.39, 0.29) is 24.4 Å². The van der Waals surface area contributed by atoms with Crippen LogP contribution in [0, 0.1) is 0 Å². The molecule has 2 N–H and O–H groups in total. The molecular formula is C11H15ClF3N3OS. The summed E-state index contributed by atoms with van der Waals surface area (Å²) in [6, 6.07) is -0.165. The first-order chi connectivity index (χ1) is 8.97. The lowest BCUT2D eigenvalue weighted by atomic mass is 10.2. The zero-order valence-corrected chi connectivity index (χ0v) is 12.1. The van der Waals surface area contributed by atoms with Gasteiger partial charge in [0, 0.05) is 18.3 Å². The van der Waals surface area contributed by atoms with Gasteiger partial charge in [0.05, 0.1) is 11.0 Å². The average molecular weight is 330 g/mol. The number of amides is 1. The van der Waals surface area contributed by atoms with Gasteiger partial charge in [0.25, 0.3) is 0 Å². The number of alkyl halides is 3. The lowest BCUT2D eigenvalue weighted by molar-refractivity contribution is -0.140. The normalized spacial score (nSPS) is 18.6. The van der Waals surface area contributed by atoms with E-state index in [2.05, 4.69) is 15.6 Å². The van der Waals surface area contributed by atoms with E-state index >= 15 is 0 Å². The SMILES string of the molecule is Cl.O=C(NCCc1nc(C(F)(F)F)cs1)C1CCCN1. The number of nitrogens with zero attached hydrogens (tertiary/aromatic N) is 1. The van der Waals surface area contributed by atoms with Crippen molar-refractivity contribution in [3.8, 4) is 0 Å². The fraction of sp³-hybridized carbons (Fsp3) is 0.636. The van der Waals surface area contributed by atoms with Crippen molar-refractivity contribution in [2.75, 3.05) is 13.1 Å². The summed E-state index contributed by atoms with van der Waals surface area (Å²) in [5.74, 6) is -0.0925. The summed E-state index contributed by atoms with van der Waals surface area (Å²) in [5.41, 5.74) is -0.865. The number of aromatic nitrogens is 1. The average Bonchev–Trinajstić information content (AvgIpc) is 2.99. The monoisotopic (exact) mass is 329 g/mol. The van der Waals surface area contributed by atoms with Crippen LogP contribution in [0.15, 0.2) is 5.38 Å². The second-order valence-corrected chi connectivity index (χ2v) is 5.26. The van der Waals surface area contributed by atoms with E-state index in [0.29, 0.717) is 18.0 Å². The molecule has 1 aromatic heterocycles. The van der Waals surface area contributed by atoms with Gasteiger partial charge in [-0.15, -0.1) is 23.7 Å². The van der Waals surface area contributed by atoms with Gasteiger partial charge in [-0.05, 0) is 19.4 Å². The number of nitrogens with one attached hydrogen (secondary N) is 2. The van der Waals surface area contributed by atoms with Crippen LogP contribution in [0.5, 0.6) is 0 Å². The van der Waals surface area contributed by atoms with Crippen LogP contribution in [0.4, 0.5) is 13.2 Å². The lowest BCUT2D eigenvalue weighted by Gasteiger charge is -2.10. The van der Waals surface area contributed by atoms with Crippen molar-refractivity contribution in [2.45, 2.75) is 31.5 Å². The van der Waals surface area contributed by atoms with E-state index in [1.807, 2.05) is 0 Å². The lowest BCUT2D eigenvalue weighted by Crippen LogP contribution is -2.41. The van der Waals surface area contributed by atoms with Crippen LogP contribution in [-0.2, 0) is 17.4 Å². The predicted octanol–water partition coefficient (Wildman–Crippen LogP) is 1.99. The quantitative estimate of drug-likeness (QED) is 0.888. The highest BCUT2D eigenvalue weighted by molar-refractivity contribution is 7.09. The van der Waals surface area contributed by atoms with Crippen LogP contribution in [0.1, 0.15) is 23.5 Å². The summed E-state index contributed by atoms with van der Waals surface area (Å²) in [5, 5.41) is 7.14. The predicted molar refractivity (Wildman–Crippen MR) is 72.1 cm³/mol. The van der Waals surface area contributed by atoms with Gasteiger partial charge in [0.1, 0.15) is 0 Å². The molecule has 0 spiro atoms. The van der Waals surface area contributed by atoms with Crippen molar-refractivity contribution >= 4 is 29.7 Å². The number of hydrogen-bond donors (Lipinski definition) is 2. The van der Waals surface area contributed by atoms with Gasteiger partial charge < -0.3 is 10.6 Å². The Morgan fingerprint density at radius 3 is 2.85 bits per heavy atom. The largest absolute Gasteiger partial charge is 0.434 e. The van der Waals surface area contributed by atoms with Crippen LogP contribution in [-0.4, -0.2) is 30.0 Å². The Labute approximate surface area is 124 Å². The molecule has 114 valence electrons. The summed E-state index contributed by atoms with van der Waals surface area (Å²) < 4.78 is 37.0. The molecule has 1 saturated heterocycles. The minimum Gasteiger partial charge on any atom is -0.354 e. The molecule has 20 heavy (non-hydrogen) atoms. The summed E-state index contributed by atoms with van der Waals surface area (Å²) in [6.45, 7) is 1.14. The highest BCUT2D eigenvalue weighted by Gasteiger charge is 2.33. The molecule has 0 bridgehead atoms. The Balaban J connectivity index is 0.00000200. The first kappa shape index (κ1) is 17.2. The molecule has 0 aliphatic carbocycles. The highest BCUT2D eigenvalue weighted by atomic mass is 35.5. The molecule has 1 aliphatic heterocycles. The summed E-state index contributed by atoms with van der Waals surface area (Å²) in [6.07, 6.45) is -2.30. The minimum absolute atomic E-state index is 0. The van der Waals surface area contributed by atoms with Gasteiger partial charge in [0.15, 0.2) is 5.69 Å². The number of rotatable bonds is 4. The highest BCUT2D eigenvalue weighted by Crippen LogP contribution is 2.29. The maximum atomic E-state index is 12.3. The summed E-state index contributed by atoms with van der Waals surface area (Å²) in [4.78, 5) is 15.1. The Morgan fingerprint density at radius 2 is 2.30 bits per heavy atom. The van der Waals surface area contributed by atoms with E-state index in [1.54, 1.807) is 0 Å². The van der Waals surface area contributed by atoms with Crippen LogP contribution in [0.25, 0.3) is 0 Å². The third-order valence-electron chi connectivity index (χ3n) is 2.86. The maximum Gasteiger partial charge on any atom is 0.434 e. The zero-order chi connectivity index (χ0) is 13.9. The fourth-order valence-electron chi connectivity index (χ4n) is 1.88. The number of hydrogen-bond acceptors (Lipinski definition) is 4. The van der Waals surface area contributed by atoms with Crippen molar-refractivity contribution in [3.05, 3.63) is 16.1 Å². The maximum absolute atomic E-state index is 12.3. The fourth-order valence-corrected chi connectivity index (χ4v) is 2.69. The van der Waals surface area contributed by atoms with Gasteiger partial charge in [-0.25, -0.2) is 4.98 Å². The van der Waals surface area contributed by atoms with Crippen LogP contribution in [0.3, 0.4) is 0 Å². The number of carbonyl (C=O) groups excluding carboxylic acids is 1. The van der Waals surface area contributed by atoms with Crippen molar-refractivity contribution < 1.29 is 18.0 Å². The van der Waals surface area contributed by atoms with E-state index in [0.717, 1.165) is 36.1 Å². The van der Waals surface area contributed by atoms with E-state index in [1.165, 1.54) is 0 Å². The molecule has 0 aromatic carbocycles. The van der Waals surface area contributed by atoms with Crippen molar-refractivity contribution in [2.24, 2.45) is 0 Å². The molecule has 1 aliphatic rings. The van der Waals surface area contributed by atoms with Gasteiger partial charge in [-0.3, -0.25) is 4.79 Å². The third-order valence-corrected chi connectivity index (χ3v) is 3.77. The van der Waals surface area contributed by atoms with E-state index in [9.17, 15) is 18.0 Å². The number of carbonyl (C=O) groups is 1. The molecule has 2 rings (SSSR count). The van der Waals surface area contributed by atoms with Crippen molar-refractivity contribution in [1.29, 1.82) is 0 Å². The molecule has 4 nitrogen and oxygen atoms in total. The molecule has 1 amide bonds. The molecule has 1 fully saturated rings. The zero-order valence-electron chi connectivity index (χ0n) is 10.5. The first-order valence-electron chi connectivity index (χ1n) is 5.99. The topological polar surface area (TPSA) is 54.0 Å². The molecule has 1 aromatic rings. The van der Waals surface area contributed by atoms with Gasteiger partial charge >= 0.3 is 6.18 Å². The Morgan fingerprint density at radius 1 is 1.55 bits per heavy atom. The molecule has 2 heterocycles. The smallest absolute Gasteiger partial charge is 0.354 e. The van der Waals surface area contributed by atoms with E-state index < -0.39 is 11.9 Å². The Kier molecular flexibility index (Phi) is 6.22. The van der Waals surface area contributed by atoms with Crippen LogP contribution in [0.2, 0.25) is 0 Å². The van der Waals surface area contributed by atoms with E-state index in [4.69, 9.17) is 0 Å². The molecule has 9 heteroatoms. The molecule has 1 unspecified atom stereocenters. The van der Waals surface area contributed by atoms with Crippen molar-refractivity contribution in [3.63, 3.8) is 0 Å². The molecule has 0 radical (unpaired) electrons. The third kappa shape index (κ3) is 4.60. The standard InChI is InChI=1S/C11H14F3N3OS.ClH/c12-11(13,14)8-6-19-9(17-8)3-5-16-10(18)7-2-1-4-15-7;/h6-7,15H,1-5H2,(H,16,18);1H. The first-order valence-corrected chi connectivity index (χ1v) is 6.87. The van der Waals surface area contributed by atoms with Crippen LogP contribution >= 0.6 is 23.7 Å². The molecule has 1 atom stereocenters. The Bertz CT molecular complexity index is 446. The summed E-state index contributed by atoms with van der Waals surface area (Å²) >= 11 is 0.962. The second kappa shape index (κ2) is 7.24. The van der Waals surface area contributed by atoms with Gasteiger partial charge in [-0.1, -0.05) is 0 Å². The number of thiazole rings is 1. The molecular weight excluding hydrogens is 315 g/mol.